The minimum Gasteiger partial charge on any atom is -0.261 e. The first-order chi connectivity index (χ1) is 11.7. The third-order valence-corrected chi connectivity index (χ3v) is 5.24. The van der Waals surface area contributed by atoms with Gasteiger partial charge in [0.1, 0.15) is 0 Å². The van der Waals surface area contributed by atoms with Crippen LogP contribution in [0.5, 0.6) is 0 Å². The first kappa shape index (κ1) is 18.9. The van der Waals surface area contributed by atoms with Crippen molar-refractivity contribution in [2.24, 2.45) is 15.3 Å². The minimum absolute atomic E-state index is 0.501. The summed E-state index contributed by atoms with van der Waals surface area (Å²) in [4.78, 5) is 9.23. The van der Waals surface area contributed by atoms with Crippen molar-refractivity contribution in [2.75, 3.05) is 5.75 Å². The number of aliphatic imine (C=N–C) groups is 1. The molecule has 24 heavy (non-hydrogen) atoms. The molecule has 0 aromatic carbocycles. The average Bonchev–Trinajstić information content (AvgIpc) is 2.62. The van der Waals surface area contributed by atoms with Gasteiger partial charge in [-0.15, -0.1) is 0 Å². The lowest BCUT2D eigenvalue weighted by atomic mass is 9.77. The maximum Gasteiger partial charge on any atom is 0.0701 e. The first-order valence-corrected chi connectivity index (χ1v) is 9.94. The van der Waals surface area contributed by atoms with Gasteiger partial charge < -0.3 is 0 Å². The zero-order valence-electron chi connectivity index (χ0n) is 15.2. The van der Waals surface area contributed by atoms with Crippen LogP contribution in [-0.4, -0.2) is 22.2 Å². The molecule has 3 nitrogen and oxygen atoms in total. The van der Waals surface area contributed by atoms with Crippen LogP contribution in [-0.2, 0) is 0 Å². The summed E-state index contributed by atoms with van der Waals surface area (Å²) in [7, 11) is 0. The van der Waals surface area contributed by atoms with Gasteiger partial charge in [-0.1, -0.05) is 26.5 Å². The molecular weight excluding hydrogens is 314 g/mol. The van der Waals surface area contributed by atoms with Gasteiger partial charge in [-0.2, -0.15) is 0 Å². The number of hydrogen-bond donors (Lipinski definition) is 0. The molecule has 0 radical (unpaired) electrons. The van der Waals surface area contributed by atoms with E-state index in [2.05, 4.69) is 53.9 Å². The molecule has 0 aliphatic heterocycles. The number of rotatable bonds is 7. The van der Waals surface area contributed by atoms with Gasteiger partial charge in [0.15, 0.2) is 0 Å². The molecule has 0 spiro atoms. The Balaban J connectivity index is 2.06. The molecule has 0 N–H and O–H groups in total. The monoisotopic (exact) mass is 343 g/mol. The fraction of sp³-hybridized carbons (Fsp3) is 0.550. The summed E-state index contributed by atoms with van der Waals surface area (Å²) in [6.07, 6.45) is 9.24. The lowest BCUT2D eigenvalue weighted by molar-refractivity contribution is 0.388. The molecule has 0 saturated heterocycles. The van der Waals surface area contributed by atoms with Gasteiger partial charge in [0.05, 0.1) is 11.4 Å². The molecule has 0 unspecified atom stereocenters. The summed E-state index contributed by atoms with van der Waals surface area (Å²) in [5, 5.41) is 0. The lowest BCUT2D eigenvalue weighted by Gasteiger charge is -2.29. The van der Waals surface area contributed by atoms with Crippen molar-refractivity contribution in [3.63, 3.8) is 0 Å². The summed E-state index contributed by atoms with van der Waals surface area (Å²) in [5.74, 6) is 2.08. The Morgan fingerprint density at radius 3 is 2.58 bits per heavy atom. The summed E-state index contributed by atoms with van der Waals surface area (Å²) >= 11 is 1.62. The van der Waals surface area contributed by atoms with E-state index in [0.717, 1.165) is 36.4 Å². The Morgan fingerprint density at radius 1 is 1.29 bits per heavy atom. The van der Waals surface area contributed by atoms with Crippen molar-refractivity contribution in [1.82, 2.24) is 4.98 Å². The predicted octanol–water partition coefficient (Wildman–Crippen LogP) is 5.77. The molecule has 1 aromatic rings. The van der Waals surface area contributed by atoms with Crippen LogP contribution in [0.4, 0.5) is 0 Å². The smallest absolute Gasteiger partial charge is 0.0701 e. The van der Waals surface area contributed by atoms with E-state index in [9.17, 15) is 0 Å². The number of aromatic nitrogens is 1. The molecule has 0 bridgehead atoms. The first-order valence-electron chi connectivity index (χ1n) is 8.99. The zero-order chi connectivity index (χ0) is 17.4. The van der Waals surface area contributed by atoms with Crippen LogP contribution in [0.15, 0.2) is 40.5 Å². The molecule has 0 atom stereocenters. The van der Waals surface area contributed by atoms with Crippen LogP contribution in [0, 0.1) is 12.8 Å². The molecule has 1 aliphatic carbocycles. The zero-order valence-corrected chi connectivity index (χ0v) is 16.0. The lowest BCUT2D eigenvalue weighted by Crippen LogP contribution is -2.27. The van der Waals surface area contributed by atoms with E-state index in [-0.39, 0.29) is 0 Å². The van der Waals surface area contributed by atoms with E-state index in [1.165, 1.54) is 24.1 Å². The number of aryl methyl sites for hydroxylation is 1. The second kappa shape index (κ2) is 9.77. The van der Waals surface area contributed by atoms with Gasteiger partial charge in [0.25, 0.3) is 0 Å². The van der Waals surface area contributed by atoms with Crippen molar-refractivity contribution in [2.45, 2.75) is 58.8 Å². The van der Waals surface area contributed by atoms with E-state index >= 15 is 0 Å². The van der Waals surface area contributed by atoms with Crippen LogP contribution in [0.25, 0.3) is 0 Å². The van der Waals surface area contributed by atoms with Crippen molar-refractivity contribution in [3.8, 4) is 0 Å². The van der Waals surface area contributed by atoms with Gasteiger partial charge in [0, 0.05) is 35.7 Å². The Kier molecular flexibility index (Phi) is 7.70. The highest BCUT2D eigenvalue weighted by atomic mass is 32.2. The van der Waals surface area contributed by atoms with Crippen LogP contribution >= 0.6 is 11.9 Å². The molecule has 1 aromatic heterocycles. The summed E-state index contributed by atoms with van der Waals surface area (Å²) in [5.41, 5.74) is 4.76. The molecule has 1 fully saturated rings. The number of nitrogens with zero attached hydrogens (tertiary/aromatic N) is 3. The van der Waals surface area contributed by atoms with Crippen molar-refractivity contribution >= 4 is 23.4 Å². The molecule has 0 amide bonds. The van der Waals surface area contributed by atoms with Crippen LogP contribution in [0.3, 0.4) is 0 Å². The van der Waals surface area contributed by atoms with Gasteiger partial charge in [-0.05, 0) is 62.6 Å². The molecule has 1 aliphatic rings. The fourth-order valence-corrected chi connectivity index (χ4v) is 3.84. The summed E-state index contributed by atoms with van der Waals surface area (Å²) in [6, 6.07) is 4.36. The molecular formula is C20H29N3S. The second-order valence-corrected chi connectivity index (χ2v) is 7.33. The maximum absolute atomic E-state index is 4.68. The normalized spacial score (nSPS) is 22.5. The minimum atomic E-state index is 0.501. The average molecular weight is 344 g/mol. The van der Waals surface area contributed by atoms with Crippen LogP contribution < -0.4 is 0 Å². The highest BCUT2D eigenvalue weighted by Crippen LogP contribution is 2.36. The van der Waals surface area contributed by atoms with Crippen LogP contribution in [0.2, 0.25) is 0 Å². The highest BCUT2D eigenvalue weighted by Gasteiger charge is 2.28. The molecule has 1 heterocycles. The Labute approximate surface area is 150 Å². The standard InChI is InChI=1S/C20H29N3S/c1-5-18(23-24-7-3)20(21-6-2)17-11-9-16(10-12-17)19-13-8-15(4)14-22-19/h6,8,13-14,16-17H,2,5,7,9-12H2,1,3-4H3/b21-20?,23-18+. The third kappa shape index (κ3) is 5.04. The van der Waals surface area contributed by atoms with Crippen LogP contribution in [0.1, 0.15) is 63.1 Å². The maximum atomic E-state index is 4.68. The van der Waals surface area contributed by atoms with E-state index < -0.39 is 0 Å². The summed E-state index contributed by atoms with van der Waals surface area (Å²) < 4.78 is 4.68. The van der Waals surface area contributed by atoms with Gasteiger partial charge >= 0.3 is 0 Å². The molecule has 2 rings (SSSR count). The Bertz CT molecular complexity index is 581. The molecule has 130 valence electrons. The number of pyridine rings is 1. The number of hydrogen-bond acceptors (Lipinski definition) is 4. The van der Waals surface area contributed by atoms with Crippen molar-refractivity contribution < 1.29 is 0 Å². The van der Waals surface area contributed by atoms with E-state index in [1.807, 2.05) is 6.20 Å². The summed E-state index contributed by atoms with van der Waals surface area (Å²) in [6.45, 7) is 10.2. The van der Waals surface area contributed by atoms with E-state index in [1.54, 1.807) is 18.1 Å². The van der Waals surface area contributed by atoms with Crippen molar-refractivity contribution in [3.05, 3.63) is 42.4 Å². The third-order valence-electron chi connectivity index (χ3n) is 4.63. The van der Waals surface area contributed by atoms with Crippen molar-refractivity contribution in [1.29, 1.82) is 0 Å². The quantitative estimate of drug-likeness (QED) is 0.466. The predicted molar refractivity (Wildman–Crippen MR) is 107 cm³/mol. The second-order valence-electron chi connectivity index (χ2n) is 6.32. The highest BCUT2D eigenvalue weighted by molar-refractivity contribution is 7.98. The largest absolute Gasteiger partial charge is 0.261 e. The van der Waals surface area contributed by atoms with E-state index in [4.69, 9.17) is 0 Å². The van der Waals surface area contributed by atoms with Gasteiger partial charge in [-0.3, -0.25) is 9.98 Å². The Morgan fingerprint density at radius 2 is 2.04 bits per heavy atom. The molecule has 1 saturated carbocycles. The van der Waals surface area contributed by atoms with E-state index in [0.29, 0.717) is 11.8 Å². The fourth-order valence-electron chi connectivity index (χ4n) is 3.33. The SMILES string of the molecule is C=CN=C(/C(CC)=N/SCC)C1CCC(c2ccc(C)cn2)CC1. The Hall–Kier alpha value is -1.42. The molecule has 4 heteroatoms. The topological polar surface area (TPSA) is 37.6 Å². The van der Waals surface area contributed by atoms with Gasteiger partial charge in [0.2, 0.25) is 0 Å². The van der Waals surface area contributed by atoms with Gasteiger partial charge in [-0.25, -0.2) is 4.40 Å².